The minimum Gasteiger partial charge on any atom is -0.409 e. The summed E-state index contributed by atoms with van der Waals surface area (Å²) in [7, 11) is 0. The molecule has 2 aromatic heterocycles. The molecular weight excluding hydrogens is 304 g/mol. The van der Waals surface area contributed by atoms with Crippen molar-refractivity contribution in [1.29, 1.82) is 0 Å². The van der Waals surface area contributed by atoms with Gasteiger partial charge in [-0.2, -0.15) is 0 Å². The molecule has 0 aliphatic rings. The van der Waals surface area contributed by atoms with Gasteiger partial charge in [0, 0.05) is 16.5 Å². The molecule has 7 heteroatoms. The Labute approximate surface area is 136 Å². The van der Waals surface area contributed by atoms with Crippen molar-refractivity contribution >= 4 is 33.6 Å². The number of aromatic nitrogens is 3. The normalized spacial score (nSPS) is 12.1. The fourth-order valence-corrected chi connectivity index (χ4v) is 2.75. The van der Waals surface area contributed by atoms with Crippen molar-refractivity contribution in [2.45, 2.75) is 0 Å². The smallest absolute Gasteiger partial charge is 0.170 e. The van der Waals surface area contributed by atoms with E-state index in [1.54, 1.807) is 18.2 Å². The monoisotopic (exact) mass is 318 g/mol. The third-order valence-electron chi connectivity index (χ3n) is 3.88. The van der Waals surface area contributed by atoms with E-state index in [0.29, 0.717) is 17.2 Å². The van der Waals surface area contributed by atoms with Crippen LogP contribution in [0.1, 0.15) is 5.56 Å². The van der Waals surface area contributed by atoms with E-state index in [1.807, 2.05) is 30.3 Å². The molecule has 2 aromatic carbocycles. The molecule has 118 valence electrons. The molecule has 0 fully saturated rings. The zero-order valence-electron chi connectivity index (χ0n) is 12.6. The topological polar surface area (TPSA) is 126 Å². The number of imidazole rings is 1. The number of para-hydroxylation sites is 1. The van der Waals surface area contributed by atoms with Crippen molar-refractivity contribution in [3.63, 3.8) is 0 Å². The summed E-state index contributed by atoms with van der Waals surface area (Å²) in [5.41, 5.74) is 15.4. The number of nitrogens with two attached hydrogens (primary N) is 2. The molecule has 2 heterocycles. The van der Waals surface area contributed by atoms with Gasteiger partial charge in [0.1, 0.15) is 11.6 Å². The number of anilines is 1. The Bertz CT molecular complexity index is 1100. The molecule has 0 saturated carbocycles. The van der Waals surface area contributed by atoms with Crippen LogP contribution in [0.15, 0.2) is 53.7 Å². The predicted octanol–water partition coefficient (Wildman–Crippen LogP) is 2.45. The number of benzene rings is 2. The minimum absolute atomic E-state index is 0.0478. The second-order valence-electron chi connectivity index (χ2n) is 5.41. The van der Waals surface area contributed by atoms with Gasteiger partial charge in [-0.1, -0.05) is 23.4 Å². The Morgan fingerprint density at radius 3 is 2.71 bits per heavy atom. The van der Waals surface area contributed by atoms with Crippen LogP contribution in [0.4, 0.5) is 5.82 Å². The quantitative estimate of drug-likeness (QED) is 0.195. The summed E-state index contributed by atoms with van der Waals surface area (Å²) in [5, 5.41) is 12.8. The highest BCUT2D eigenvalue weighted by Gasteiger charge is 2.12. The number of pyridine rings is 1. The summed E-state index contributed by atoms with van der Waals surface area (Å²) >= 11 is 0. The molecule has 4 rings (SSSR count). The van der Waals surface area contributed by atoms with Crippen LogP contribution >= 0.6 is 0 Å². The first kappa shape index (κ1) is 14.0. The molecule has 0 bridgehead atoms. The lowest BCUT2D eigenvalue weighted by atomic mass is 10.1. The Balaban J connectivity index is 1.94. The van der Waals surface area contributed by atoms with E-state index < -0.39 is 0 Å². The summed E-state index contributed by atoms with van der Waals surface area (Å²) < 4.78 is 0. The van der Waals surface area contributed by atoms with E-state index in [0.717, 1.165) is 27.5 Å². The number of nitrogen functional groups attached to an aromatic ring is 1. The highest BCUT2D eigenvalue weighted by atomic mass is 16.4. The van der Waals surface area contributed by atoms with Crippen LogP contribution in [-0.4, -0.2) is 26.0 Å². The third kappa shape index (κ3) is 2.19. The number of aromatic amines is 1. The SMILES string of the molecule is NC(=NO)c1ccc2nc(-c3cc(N)nc4ccccc34)[nH]c2c1. The standard InChI is InChI=1S/C17H14N6O/c18-15-8-11(10-3-1-2-4-12(10)20-15)17-21-13-6-5-9(16(19)23-24)7-14(13)22-17/h1-8,24H,(H2,18,20)(H2,19,23)(H,21,22). The van der Waals surface area contributed by atoms with Crippen molar-refractivity contribution in [3.8, 4) is 11.4 Å². The third-order valence-corrected chi connectivity index (χ3v) is 3.88. The predicted molar refractivity (Wildman–Crippen MR) is 93.8 cm³/mol. The average molecular weight is 318 g/mol. The first-order valence-electron chi connectivity index (χ1n) is 7.29. The number of amidine groups is 1. The summed E-state index contributed by atoms with van der Waals surface area (Å²) in [4.78, 5) is 12.2. The van der Waals surface area contributed by atoms with Gasteiger partial charge in [0.15, 0.2) is 5.84 Å². The highest BCUT2D eigenvalue weighted by Crippen LogP contribution is 2.29. The van der Waals surface area contributed by atoms with Gasteiger partial charge in [-0.25, -0.2) is 9.97 Å². The van der Waals surface area contributed by atoms with Crippen LogP contribution in [-0.2, 0) is 0 Å². The molecule has 0 aliphatic carbocycles. The molecule has 4 aromatic rings. The summed E-state index contributed by atoms with van der Waals surface area (Å²) in [6, 6.07) is 14.9. The van der Waals surface area contributed by atoms with E-state index in [1.165, 1.54) is 0 Å². The second-order valence-corrected chi connectivity index (χ2v) is 5.41. The molecule has 0 saturated heterocycles. The molecule has 6 N–H and O–H groups in total. The summed E-state index contributed by atoms with van der Waals surface area (Å²) in [6.45, 7) is 0. The molecule has 0 atom stereocenters. The van der Waals surface area contributed by atoms with Gasteiger partial charge in [0.25, 0.3) is 0 Å². The van der Waals surface area contributed by atoms with Gasteiger partial charge in [-0.05, 0) is 30.3 Å². The molecule has 0 amide bonds. The van der Waals surface area contributed by atoms with Crippen molar-refractivity contribution < 1.29 is 5.21 Å². The Morgan fingerprint density at radius 2 is 1.88 bits per heavy atom. The maximum atomic E-state index is 8.81. The number of fused-ring (bicyclic) bond motifs is 2. The fourth-order valence-electron chi connectivity index (χ4n) is 2.75. The zero-order chi connectivity index (χ0) is 16.7. The number of nitrogens with one attached hydrogen (secondary N) is 1. The van der Waals surface area contributed by atoms with Crippen molar-refractivity contribution in [3.05, 3.63) is 54.1 Å². The average Bonchev–Trinajstić information content (AvgIpc) is 3.03. The number of nitrogens with zero attached hydrogens (tertiary/aromatic N) is 3. The lowest BCUT2D eigenvalue weighted by Crippen LogP contribution is -2.12. The number of oxime groups is 1. The van der Waals surface area contributed by atoms with Gasteiger partial charge < -0.3 is 21.7 Å². The maximum absolute atomic E-state index is 8.81. The maximum Gasteiger partial charge on any atom is 0.170 e. The number of hydrogen-bond acceptors (Lipinski definition) is 5. The lowest BCUT2D eigenvalue weighted by molar-refractivity contribution is 0.318. The molecular formula is C17H14N6O. The zero-order valence-corrected chi connectivity index (χ0v) is 12.6. The Hall–Kier alpha value is -3.61. The Morgan fingerprint density at radius 1 is 1.04 bits per heavy atom. The first-order valence-corrected chi connectivity index (χ1v) is 7.29. The van der Waals surface area contributed by atoms with Crippen LogP contribution in [0.5, 0.6) is 0 Å². The largest absolute Gasteiger partial charge is 0.409 e. The van der Waals surface area contributed by atoms with E-state index >= 15 is 0 Å². The Kier molecular flexibility index (Phi) is 3.06. The number of rotatable bonds is 2. The molecule has 0 aliphatic heterocycles. The summed E-state index contributed by atoms with van der Waals surface area (Å²) in [6.07, 6.45) is 0. The minimum atomic E-state index is 0.0478. The van der Waals surface area contributed by atoms with E-state index in [4.69, 9.17) is 16.7 Å². The van der Waals surface area contributed by atoms with Gasteiger partial charge in [-0.15, -0.1) is 0 Å². The summed E-state index contributed by atoms with van der Waals surface area (Å²) in [5.74, 6) is 1.17. The van der Waals surface area contributed by atoms with Crippen LogP contribution in [0.2, 0.25) is 0 Å². The van der Waals surface area contributed by atoms with E-state index in [2.05, 4.69) is 20.1 Å². The van der Waals surface area contributed by atoms with E-state index in [9.17, 15) is 0 Å². The van der Waals surface area contributed by atoms with Gasteiger partial charge >= 0.3 is 0 Å². The van der Waals surface area contributed by atoms with E-state index in [-0.39, 0.29) is 5.84 Å². The fraction of sp³-hybridized carbons (Fsp3) is 0. The van der Waals surface area contributed by atoms with Crippen molar-refractivity contribution in [2.24, 2.45) is 10.9 Å². The highest BCUT2D eigenvalue weighted by molar-refractivity contribution is 6.00. The molecule has 24 heavy (non-hydrogen) atoms. The van der Waals surface area contributed by atoms with Crippen LogP contribution < -0.4 is 11.5 Å². The van der Waals surface area contributed by atoms with Gasteiger partial charge in [0.05, 0.1) is 16.6 Å². The first-order chi connectivity index (χ1) is 11.7. The van der Waals surface area contributed by atoms with Gasteiger partial charge in [-0.3, -0.25) is 0 Å². The molecule has 7 nitrogen and oxygen atoms in total. The lowest BCUT2D eigenvalue weighted by Gasteiger charge is -2.04. The molecule has 0 spiro atoms. The van der Waals surface area contributed by atoms with Crippen LogP contribution in [0, 0.1) is 0 Å². The second kappa shape index (κ2) is 5.24. The number of H-pyrrole nitrogens is 1. The molecule has 0 radical (unpaired) electrons. The molecule has 0 unspecified atom stereocenters. The van der Waals surface area contributed by atoms with Crippen LogP contribution in [0.25, 0.3) is 33.3 Å². The van der Waals surface area contributed by atoms with Crippen molar-refractivity contribution in [2.75, 3.05) is 5.73 Å². The van der Waals surface area contributed by atoms with Gasteiger partial charge in [0.2, 0.25) is 0 Å². The number of hydrogen-bond donors (Lipinski definition) is 4. The van der Waals surface area contributed by atoms with Crippen molar-refractivity contribution in [1.82, 2.24) is 15.0 Å². The van der Waals surface area contributed by atoms with Crippen LogP contribution in [0.3, 0.4) is 0 Å².